The maximum atomic E-state index is 12.6. The summed E-state index contributed by atoms with van der Waals surface area (Å²) in [5.74, 6) is 0.596. The molecule has 2 fully saturated rings. The van der Waals surface area contributed by atoms with Crippen LogP contribution in [0.15, 0.2) is 23.2 Å². The number of hydrogen-bond donors (Lipinski definition) is 1. The Kier molecular flexibility index (Phi) is 3.39. The molecule has 116 valence electrons. The van der Waals surface area contributed by atoms with Crippen molar-refractivity contribution in [2.75, 3.05) is 0 Å². The molecule has 0 amide bonds. The zero-order valence-corrected chi connectivity index (χ0v) is 14.1. The van der Waals surface area contributed by atoms with Crippen LogP contribution in [0.5, 0.6) is 0 Å². The Balaban J connectivity index is 1.91. The first kappa shape index (κ1) is 15.3. The fraction of sp³-hybridized carbons (Fsp3) is 0.667. The zero-order chi connectivity index (χ0) is 15.5. The largest absolute Gasteiger partial charge is 0.243 e. The molecule has 6 heteroatoms. The Morgan fingerprint density at radius 3 is 2.57 bits per heavy atom. The van der Waals surface area contributed by atoms with E-state index in [0.717, 1.165) is 12.8 Å². The topological polar surface area (TPSA) is 59.1 Å². The van der Waals surface area contributed by atoms with Crippen LogP contribution in [0, 0.1) is 16.7 Å². The highest BCUT2D eigenvalue weighted by Crippen LogP contribution is 2.62. The highest BCUT2D eigenvalue weighted by Gasteiger charge is 2.60. The van der Waals surface area contributed by atoms with E-state index in [9.17, 15) is 8.42 Å². The standard InChI is InChI=1S/C15H21ClN2O2S/c1-14(2)10-6-7-15(3,8-10)13(14)18-21(19,20)11-4-5-12(16)17-9-11/h4-5,9-10,13,18H,6-8H2,1-3H3. The van der Waals surface area contributed by atoms with Crippen LogP contribution in [0.1, 0.15) is 40.0 Å². The third kappa shape index (κ3) is 2.39. The first-order valence-corrected chi connectivity index (χ1v) is 9.15. The van der Waals surface area contributed by atoms with Crippen molar-refractivity contribution in [2.24, 2.45) is 16.7 Å². The molecule has 0 aromatic carbocycles. The van der Waals surface area contributed by atoms with Crippen molar-refractivity contribution in [3.63, 3.8) is 0 Å². The van der Waals surface area contributed by atoms with Gasteiger partial charge in [0.05, 0.1) is 0 Å². The number of hydrogen-bond acceptors (Lipinski definition) is 3. The van der Waals surface area contributed by atoms with Crippen LogP contribution in [0.2, 0.25) is 5.15 Å². The van der Waals surface area contributed by atoms with Crippen LogP contribution in [0.3, 0.4) is 0 Å². The molecule has 2 bridgehead atoms. The molecule has 0 radical (unpaired) electrons. The van der Waals surface area contributed by atoms with E-state index in [1.165, 1.54) is 24.8 Å². The van der Waals surface area contributed by atoms with Gasteiger partial charge < -0.3 is 0 Å². The van der Waals surface area contributed by atoms with Crippen molar-refractivity contribution in [3.05, 3.63) is 23.5 Å². The summed E-state index contributed by atoms with van der Waals surface area (Å²) in [6, 6.07) is 2.97. The van der Waals surface area contributed by atoms with Crippen LogP contribution < -0.4 is 4.72 Å². The number of aromatic nitrogens is 1. The van der Waals surface area contributed by atoms with Gasteiger partial charge in [-0.2, -0.15) is 0 Å². The van der Waals surface area contributed by atoms with Gasteiger partial charge in [0.1, 0.15) is 10.0 Å². The second-order valence-corrected chi connectivity index (χ2v) is 9.39. The number of fused-ring (bicyclic) bond motifs is 2. The van der Waals surface area contributed by atoms with Gasteiger partial charge in [-0.3, -0.25) is 0 Å². The summed E-state index contributed by atoms with van der Waals surface area (Å²) in [6.45, 7) is 6.56. The van der Waals surface area contributed by atoms with Crippen LogP contribution in [-0.4, -0.2) is 19.4 Å². The van der Waals surface area contributed by atoms with E-state index >= 15 is 0 Å². The lowest BCUT2D eigenvalue weighted by molar-refractivity contribution is 0.127. The monoisotopic (exact) mass is 328 g/mol. The van der Waals surface area contributed by atoms with E-state index < -0.39 is 10.0 Å². The molecule has 3 rings (SSSR count). The third-order valence-electron chi connectivity index (χ3n) is 5.55. The molecule has 1 aromatic rings. The number of sulfonamides is 1. The van der Waals surface area contributed by atoms with E-state index in [2.05, 4.69) is 30.5 Å². The van der Waals surface area contributed by atoms with Crippen LogP contribution in [0.25, 0.3) is 0 Å². The lowest BCUT2D eigenvalue weighted by atomic mass is 9.69. The number of nitrogens with one attached hydrogen (secondary N) is 1. The second kappa shape index (κ2) is 4.67. The van der Waals surface area contributed by atoms with Gasteiger partial charge in [-0.1, -0.05) is 32.4 Å². The average Bonchev–Trinajstić information content (AvgIpc) is 2.87. The average molecular weight is 329 g/mol. The minimum Gasteiger partial charge on any atom is -0.243 e. The zero-order valence-electron chi connectivity index (χ0n) is 12.6. The molecule has 0 spiro atoms. The highest BCUT2D eigenvalue weighted by molar-refractivity contribution is 7.89. The lowest BCUT2D eigenvalue weighted by Gasteiger charge is -2.42. The van der Waals surface area contributed by atoms with Gasteiger partial charge in [-0.15, -0.1) is 0 Å². The predicted molar refractivity (Wildman–Crippen MR) is 82.6 cm³/mol. The highest BCUT2D eigenvalue weighted by atomic mass is 35.5. The molecule has 0 aliphatic heterocycles. The predicted octanol–water partition coefficient (Wildman–Crippen LogP) is 3.23. The van der Waals surface area contributed by atoms with Crippen molar-refractivity contribution in [1.82, 2.24) is 9.71 Å². The molecule has 1 heterocycles. The fourth-order valence-corrected chi connectivity index (χ4v) is 5.93. The van der Waals surface area contributed by atoms with Gasteiger partial charge in [0.2, 0.25) is 10.0 Å². The summed E-state index contributed by atoms with van der Waals surface area (Å²) in [5, 5.41) is 0.293. The van der Waals surface area contributed by atoms with Crippen molar-refractivity contribution in [2.45, 2.75) is 51.0 Å². The Morgan fingerprint density at radius 1 is 1.33 bits per heavy atom. The molecule has 1 N–H and O–H groups in total. The molecule has 2 aliphatic rings. The smallest absolute Gasteiger partial charge is 0.242 e. The number of pyridine rings is 1. The molecule has 0 saturated heterocycles. The summed E-state index contributed by atoms with van der Waals surface area (Å²) >= 11 is 5.72. The third-order valence-corrected chi connectivity index (χ3v) is 7.18. The first-order valence-electron chi connectivity index (χ1n) is 7.29. The summed E-state index contributed by atoms with van der Waals surface area (Å²) in [6.07, 6.45) is 4.71. The molecule has 3 unspecified atom stereocenters. The normalized spacial score (nSPS) is 34.3. The molecule has 1 aromatic heterocycles. The first-order chi connectivity index (χ1) is 9.65. The number of rotatable bonds is 3. The fourth-order valence-electron chi connectivity index (χ4n) is 4.34. The maximum absolute atomic E-state index is 12.6. The van der Waals surface area contributed by atoms with Crippen LogP contribution in [0.4, 0.5) is 0 Å². The van der Waals surface area contributed by atoms with E-state index in [0.29, 0.717) is 11.1 Å². The van der Waals surface area contributed by atoms with Crippen molar-refractivity contribution >= 4 is 21.6 Å². The molecule has 4 nitrogen and oxygen atoms in total. The van der Waals surface area contributed by atoms with Gasteiger partial charge in [-0.05, 0) is 48.1 Å². The van der Waals surface area contributed by atoms with Gasteiger partial charge in [0, 0.05) is 12.2 Å². The van der Waals surface area contributed by atoms with Crippen molar-refractivity contribution in [1.29, 1.82) is 0 Å². The van der Waals surface area contributed by atoms with E-state index in [4.69, 9.17) is 11.6 Å². The molecular formula is C15H21ClN2O2S. The Bertz CT molecular complexity index is 652. The minimum atomic E-state index is -3.56. The summed E-state index contributed by atoms with van der Waals surface area (Å²) in [7, 11) is -3.56. The van der Waals surface area contributed by atoms with Crippen LogP contribution in [-0.2, 0) is 10.0 Å². The second-order valence-electron chi connectivity index (χ2n) is 7.29. The van der Waals surface area contributed by atoms with Gasteiger partial charge >= 0.3 is 0 Å². The maximum Gasteiger partial charge on any atom is 0.242 e. The SMILES string of the molecule is CC12CCC(C1)C(C)(C)C2NS(=O)(=O)c1ccc(Cl)nc1. The quantitative estimate of drug-likeness (QED) is 0.867. The molecule has 2 saturated carbocycles. The number of halogens is 1. The summed E-state index contributed by atoms with van der Waals surface area (Å²) in [4.78, 5) is 4.04. The van der Waals surface area contributed by atoms with Gasteiger partial charge in [0.25, 0.3) is 0 Å². The summed E-state index contributed by atoms with van der Waals surface area (Å²) < 4.78 is 28.2. The van der Waals surface area contributed by atoms with Crippen molar-refractivity contribution < 1.29 is 8.42 Å². The van der Waals surface area contributed by atoms with Gasteiger partial charge in [-0.25, -0.2) is 18.1 Å². The van der Waals surface area contributed by atoms with E-state index in [-0.39, 0.29) is 21.8 Å². The number of nitrogens with zero attached hydrogens (tertiary/aromatic N) is 1. The lowest BCUT2D eigenvalue weighted by Crippen LogP contribution is -2.52. The Hall–Kier alpha value is -0.650. The molecular weight excluding hydrogens is 308 g/mol. The Morgan fingerprint density at radius 2 is 2.05 bits per heavy atom. The van der Waals surface area contributed by atoms with Gasteiger partial charge in [0.15, 0.2) is 0 Å². The van der Waals surface area contributed by atoms with E-state index in [1.54, 1.807) is 0 Å². The molecule has 2 aliphatic carbocycles. The molecule has 21 heavy (non-hydrogen) atoms. The molecule has 3 atom stereocenters. The van der Waals surface area contributed by atoms with Crippen LogP contribution >= 0.6 is 11.6 Å². The minimum absolute atomic E-state index is 0.0140. The van der Waals surface area contributed by atoms with E-state index in [1.807, 2.05) is 0 Å². The summed E-state index contributed by atoms with van der Waals surface area (Å²) in [5.41, 5.74) is 0.0427. The Labute approximate surface area is 131 Å². The van der Waals surface area contributed by atoms with Crippen molar-refractivity contribution in [3.8, 4) is 0 Å².